The van der Waals surface area contributed by atoms with E-state index < -0.39 is 7.12 Å². The van der Waals surface area contributed by atoms with Crippen LogP contribution in [0.5, 0.6) is 34.5 Å². The minimum Gasteiger partial charge on any atom is -0.504 e. The van der Waals surface area contributed by atoms with E-state index in [1.165, 1.54) is 20.5 Å². The normalized spacial score (nSPS) is 10.2. The van der Waals surface area contributed by atoms with Gasteiger partial charge in [0.25, 0.3) is 0 Å². The molecule has 4 N–H and O–H groups in total. The van der Waals surface area contributed by atoms with Crippen molar-refractivity contribution in [3.8, 4) is 45.8 Å². The summed E-state index contributed by atoms with van der Waals surface area (Å²) in [5.74, 6) is 2.47. The molecule has 0 atom stereocenters. The van der Waals surface area contributed by atoms with Gasteiger partial charge in [0.05, 0.1) is 33.1 Å². The Labute approximate surface area is 319 Å². The topological polar surface area (TPSA) is 169 Å². The Hall–Kier alpha value is -5.89. The molecule has 0 aliphatic heterocycles. The Balaban J connectivity index is 0.000000194. The van der Waals surface area contributed by atoms with Gasteiger partial charge in [0.15, 0.2) is 23.0 Å². The van der Waals surface area contributed by atoms with Crippen LogP contribution in [0.25, 0.3) is 11.3 Å². The van der Waals surface area contributed by atoms with E-state index in [2.05, 4.69) is 19.9 Å². The number of phenolic OH excluding ortho intramolecular Hbond substituents is 2. The lowest BCUT2D eigenvalue weighted by atomic mass is 9.80. The SMILES string of the molecule is CCOc1ccccc1-c1cc(Cc2ccc(OC)c(O)c2)ncn1.CCOc1ccccc1B(O)O.COc1ccc(Cc2cc(Cl)ncn2)cc1O. The number of phenols is 2. The zero-order chi connectivity index (χ0) is 38.9. The van der Waals surface area contributed by atoms with Crippen LogP contribution < -0.4 is 24.4 Å². The Kier molecular flexibility index (Phi) is 15.9. The Morgan fingerprint density at radius 1 is 0.593 bits per heavy atom. The van der Waals surface area contributed by atoms with Crippen LogP contribution in [0, 0.1) is 0 Å². The van der Waals surface area contributed by atoms with Crippen molar-refractivity contribution in [2.24, 2.45) is 0 Å². The highest BCUT2D eigenvalue weighted by Crippen LogP contribution is 2.30. The van der Waals surface area contributed by atoms with Gasteiger partial charge in [-0.3, -0.25) is 0 Å². The molecule has 0 radical (unpaired) electrons. The van der Waals surface area contributed by atoms with E-state index in [1.807, 2.05) is 56.3 Å². The molecule has 2 heterocycles. The fourth-order valence-corrected chi connectivity index (χ4v) is 5.33. The number of aromatic nitrogens is 4. The van der Waals surface area contributed by atoms with E-state index in [9.17, 15) is 10.2 Å². The third-order valence-electron chi connectivity index (χ3n) is 7.63. The summed E-state index contributed by atoms with van der Waals surface area (Å²) in [7, 11) is 1.58. The second kappa shape index (κ2) is 21.0. The molecule has 0 aliphatic rings. The first kappa shape index (κ1) is 40.9. The van der Waals surface area contributed by atoms with Crippen LogP contribution in [0.15, 0.2) is 110 Å². The predicted octanol–water partition coefficient (Wildman–Crippen LogP) is 6.05. The minimum atomic E-state index is -1.47. The molecule has 2 aromatic heterocycles. The van der Waals surface area contributed by atoms with Gasteiger partial charge in [-0.1, -0.05) is 54.1 Å². The number of benzene rings is 4. The monoisotopic (exact) mass is 752 g/mol. The molecule has 0 bridgehead atoms. The number of hydrogen-bond acceptors (Lipinski definition) is 12. The van der Waals surface area contributed by atoms with Crippen molar-refractivity contribution < 1.29 is 39.2 Å². The number of ether oxygens (including phenoxy) is 4. The molecule has 6 aromatic rings. The van der Waals surface area contributed by atoms with Gasteiger partial charge in [-0.25, -0.2) is 19.9 Å². The molecule has 14 heteroatoms. The zero-order valence-electron chi connectivity index (χ0n) is 30.4. The lowest BCUT2D eigenvalue weighted by Gasteiger charge is -2.10. The van der Waals surface area contributed by atoms with Gasteiger partial charge in [-0.05, 0) is 79.6 Å². The van der Waals surface area contributed by atoms with Crippen molar-refractivity contribution in [2.75, 3.05) is 27.4 Å². The quantitative estimate of drug-likeness (QED) is 0.0845. The maximum Gasteiger partial charge on any atom is 0.492 e. The fourth-order valence-electron chi connectivity index (χ4n) is 5.16. The van der Waals surface area contributed by atoms with Gasteiger partial charge in [0, 0.05) is 35.3 Å². The number of aromatic hydroxyl groups is 2. The molecule has 0 saturated heterocycles. The largest absolute Gasteiger partial charge is 0.504 e. The number of methoxy groups -OCH3 is 2. The molecule has 54 heavy (non-hydrogen) atoms. The Bertz CT molecular complexity index is 2090. The fraction of sp³-hybridized carbons (Fsp3) is 0.200. The van der Waals surface area contributed by atoms with E-state index >= 15 is 0 Å². The maximum absolute atomic E-state index is 9.92. The highest BCUT2D eigenvalue weighted by molar-refractivity contribution is 6.59. The van der Waals surface area contributed by atoms with Crippen LogP contribution in [0.2, 0.25) is 5.15 Å². The van der Waals surface area contributed by atoms with Crippen molar-refractivity contribution in [3.05, 3.63) is 137 Å². The average molecular weight is 753 g/mol. The molecule has 0 aliphatic carbocycles. The standard InChI is InChI=1S/C20H20N2O3.C12H11ClN2O2.C8H11BO3/c1-3-25-19-7-5-4-6-16(19)17-12-15(21-13-22-17)10-14-8-9-20(24-2)18(23)11-14;1-17-11-3-2-8(5-10(11)16)4-9-6-12(13)15-7-14-9;1-2-12-8-6-4-3-5-7(8)9(10)11/h4-9,11-13,23H,3,10H2,1-2H3;2-3,5-7,16H,4H2,1H3;3-6,10-11H,2H2,1H3. The molecule has 0 spiro atoms. The highest BCUT2D eigenvalue weighted by atomic mass is 35.5. The van der Waals surface area contributed by atoms with Crippen LogP contribution in [-0.4, -0.2) is 74.7 Å². The first-order chi connectivity index (χ1) is 26.1. The summed E-state index contributed by atoms with van der Waals surface area (Å²) in [5.41, 5.74) is 5.69. The van der Waals surface area contributed by atoms with Crippen LogP contribution in [0.4, 0.5) is 0 Å². The molecule has 0 unspecified atom stereocenters. The Morgan fingerprint density at radius 3 is 1.65 bits per heavy atom. The summed E-state index contributed by atoms with van der Waals surface area (Å²) in [6.07, 6.45) is 4.14. The highest BCUT2D eigenvalue weighted by Gasteiger charge is 2.15. The van der Waals surface area contributed by atoms with E-state index in [4.69, 9.17) is 40.6 Å². The van der Waals surface area contributed by atoms with Gasteiger partial charge in [-0.2, -0.15) is 0 Å². The van der Waals surface area contributed by atoms with Crippen molar-refractivity contribution in [1.29, 1.82) is 0 Å². The van der Waals surface area contributed by atoms with Crippen molar-refractivity contribution >= 4 is 24.2 Å². The third kappa shape index (κ3) is 12.1. The first-order valence-electron chi connectivity index (χ1n) is 16.9. The summed E-state index contributed by atoms with van der Waals surface area (Å²) in [6.45, 7) is 4.92. The summed E-state index contributed by atoms with van der Waals surface area (Å²) in [5, 5.41) is 37.8. The smallest absolute Gasteiger partial charge is 0.492 e. The number of halogens is 1. The van der Waals surface area contributed by atoms with Gasteiger partial charge in [-0.15, -0.1) is 0 Å². The Morgan fingerprint density at radius 2 is 1.11 bits per heavy atom. The van der Waals surface area contributed by atoms with E-state index in [1.54, 1.807) is 60.9 Å². The molecular weight excluding hydrogens is 711 g/mol. The van der Waals surface area contributed by atoms with Gasteiger partial charge < -0.3 is 39.2 Å². The van der Waals surface area contributed by atoms with Crippen LogP contribution >= 0.6 is 11.6 Å². The summed E-state index contributed by atoms with van der Waals surface area (Å²) in [4.78, 5) is 16.6. The second-order valence-electron chi connectivity index (χ2n) is 11.4. The molecule has 280 valence electrons. The number of nitrogens with zero attached hydrogens (tertiary/aromatic N) is 4. The van der Waals surface area contributed by atoms with Gasteiger partial charge in [0.2, 0.25) is 0 Å². The molecule has 0 amide bonds. The zero-order valence-corrected chi connectivity index (χ0v) is 31.1. The molecule has 6 rings (SSSR count). The van der Waals surface area contributed by atoms with Crippen molar-refractivity contribution in [2.45, 2.75) is 26.7 Å². The molecular formula is C40H42BClN4O8. The van der Waals surface area contributed by atoms with Gasteiger partial charge in [0.1, 0.15) is 29.3 Å². The third-order valence-corrected chi connectivity index (χ3v) is 7.84. The van der Waals surface area contributed by atoms with Crippen molar-refractivity contribution in [3.63, 3.8) is 0 Å². The van der Waals surface area contributed by atoms with E-state index in [0.29, 0.717) is 53.9 Å². The lowest BCUT2D eigenvalue weighted by Crippen LogP contribution is -2.31. The number of para-hydroxylation sites is 2. The lowest BCUT2D eigenvalue weighted by molar-refractivity contribution is 0.340. The summed E-state index contributed by atoms with van der Waals surface area (Å²) in [6, 6.07) is 28.9. The predicted molar refractivity (Wildman–Crippen MR) is 208 cm³/mol. The number of rotatable bonds is 12. The molecule has 0 saturated carbocycles. The number of hydrogen-bond donors (Lipinski definition) is 4. The van der Waals surface area contributed by atoms with E-state index in [-0.39, 0.29) is 11.5 Å². The van der Waals surface area contributed by atoms with Crippen LogP contribution in [0.3, 0.4) is 0 Å². The first-order valence-corrected chi connectivity index (χ1v) is 17.3. The van der Waals surface area contributed by atoms with Crippen LogP contribution in [0.1, 0.15) is 36.4 Å². The summed E-state index contributed by atoms with van der Waals surface area (Å²) < 4.78 is 20.9. The minimum absolute atomic E-state index is 0.116. The van der Waals surface area contributed by atoms with E-state index in [0.717, 1.165) is 39.5 Å². The van der Waals surface area contributed by atoms with Crippen LogP contribution in [-0.2, 0) is 12.8 Å². The maximum atomic E-state index is 9.92. The van der Waals surface area contributed by atoms with Gasteiger partial charge >= 0.3 is 7.12 Å². The second-order valence-corrected chi connectivity index (χ2v) is 11.8. The molecule has 0 fully saturated rings. The molecule has 4 aromatic carbocycles. The average Bonchev–Trinajstić information content (AvgIpc) is 3.16. The molecule has 12 nitrogen and oxygen atoms in total. The van der Waals surface area contributed by atoms with Crippen molar-refractivity contribution in [1.82, 2.24) is 19.9 Å². The summed E-state index contributed by atoms with van der Waals surface area (Å²) >= 11 is 5.77.